The molecule has 176 valence electrons. The van der Waals surface area contributed by atoms with Gasteiger partial charge >= 0.3 is 0 Å². The lowest BCUT2D eigenvalue weighted by molar-refractivity contribution is 0.0190. The number of hydrogen-bond donors (Lipinski definition) is 2. The van der Waals surface area contributed by atoms with Gasteiger partial charge in [0.15, 0.2) is 0 Å². The summed E-state index contributed by atoms with van der Waals surface area (Å²) < 4.78 is 42.0. The van der Waals surface area contributed by atoms with Gasteiger partial charge in [0.2, 0.25) is 16.1 Å². The molecule has 0 aromatic heterocycles. The summed E-state index contributed by atoms with van der Waals surface area (Å²) >= 11 is 0. The van der Waals surface area contributed by atoms with E-state index in [0.29, 0.717) is 22.7 Å². The highest BCUT2D eigenvalue weighted by atomic mass is 32.2. The summed E-state index contributed by atoms with van der Waals surface area (Å²) in [4.78, 5) is 12.6. The van der Waals surface area contributed by atoms with Gasteiger partial charge in [0.05, 0.1) is 19.1 Å². The molecule has 8 nitrogen and oxygen atoms in total. The van der Waals surface area contributed by atoms with E-state index in [0.717, 1.165) is 5.56 Å². The maximum absolute atomic E-state index is 13.1. The van der Waals surface area contributed by atoms with E-state index in [1.807, 2.05) is 6.92 Å². The van der Waals surface area contributed by atoms with Gasteiger partial charge in [-0.3, -0.25) is 4.79 Å². The maximum Gasteiger partial charge on any atom is 0.255 e. The van der Waals surface area contributed by atoms with Gasteiger partial charge in [0.25, 0.3) is 5.91 Å². The number of nitrogens with one attached hydrogen (secondary N) is 1. The van der Waals surface area contributed by atoms with Crippen molar-refractivity contribution in [3.63, 3.8) is 0 Å². The van der Waals surface area contributed by atoms with E-state index in [9.17, 15) is 18.3 Å². The van der Waals surface area contributed by atoms with E-state index in [2.05, 4.69) is 5.32 Å². The Kier molecular flexibility index (Phi) is 6.32. The summed E-state index contributed by atoms with van der Waals surface area (Å²) in [5.74, 6) is 0.850. The molecule has 34 heavy (non-hydrogen) atoms. The molecule has 4 rings (SSSR count). The van der Waals surface area contributed by atoms with Crippen LogP contribution in [0.15, 0.2) is 70.5 Å². The molecule has 3 aromatic rings. The van der Waals surface area contributed by atoms with Crippen LogP contribution >= 0.6 is 0 Å². The number of methoxy groups -OCH3 is 2. The van der Waals surface area contributed by atoms with Crippen LogP contribution in [0.1, 0.15) is 21.5 Å². The van der Waals surface area contributed by atoms with Crippen molar-refractivity contribution >= 4 is 27.5 Å². The molecular formula is C25H23NO7S. The van der Waals surface area contributed by atoms with E-state index in [-0.39, 0.29) is 21.1 Å². The molecule has 0 radical (unpaired) electrons. The third kappa shape index (κ3) is 4.61. The van der Waals surface area contributed by atoms with Crippen molar-refractivity contribution in [3.05, 3.63) is 82.3 Å². The second-order valence-electron chi connectivity index (χ2n) is 7.64. The smallest absolute Gasteiger partial charge is 0.255 e. The summed E-state index contributed by atoms with van der Waals surface area (Å²) in [6.45, 7) is 1.85. The van der Waals surface area contributed by atoms with Crippen molar-refractivity contribution in [2.45, 2.75) is 18.1 Å². The number of aliphatic hydroxyl groups excluding tert-OH is 1. The van der Waals surface area contributed by atoms with Crippen molar-refractivity contribution in [2.24, 2.45) is 0 Å². The fraction of sp³-hybridized carbons (Fsp3) is 0.160. The molecular weight excluding hydrogens is 458 g/mol. The van der Waals surface area contributed by atoms with Crippen LogP contribution in [0.3, 0.4) is 0 Å². The van der Waals surface area contributed by atoms with E-state index < -0.39 is 22.0 Å². The number of aryl methyl sites for hydroxylation is 1. The number of hydrogen-bond acceptors (Lipinski definition) is 7. The first-order chi connectivity index (χ1) is 16.2. The van der Waals surface area contributed by atoms with Crippen molar-refractivity contribution in [2.75, 3.05) is 19.5 Å². The molecule has 1 atom stereocenters. The second kappa shape index (κ2) is 9.20. The predicted octanol–water partition coefficient (Wildman–Crippen LogP) is 3.79. The number of carbonyl (C=O) groups is 1. The quantitative estimate of drug-likeness (QED) is 0.551. The summed E-state index contributed by atoms with van der Waals surface area (Å²) in [6, 6.07) is 15.8. The summed E-state index contributed by atoms with van der Waals surface area (Å²) in [5, 5.41) is 13.1. The van der Waals surface area contributed by atoms with Crippen LogP contribution in [0.4, 0.5) is 5.69 Å². The van der Waals surface area contributed by atoms with Gasteiger partial charge in [0, 0.05) is 35.0 Å². The minimum absolute atomic E-state index is 0.0383. The van der Waals surface area contributed by atoms with Gasteiger partial charge in [0.1, 0.15) is 22.2 Å². The minimum atomic E-state index is -4.01. The van der Waals surface area contributed by atoms with Gasteiger partial charge in [-0.05, 0) is 43.3 Å². The van der Waals surface area contributed by atoms with Gasteiger partial charge < -0.3 is 24.6 Å². The lowest BCUT2D eigenvalue weighted by Gasteiger charge is -2.23. The number of fused-ring (bicyclic) bond motifs is 1. The zero-order valence-electron chi connectivity index (χ0n) is 18.7. The Hall–Kier alpha value is -3.82. The zero-order valence-corrected chi connectivity index (χ0v) is 19.5. The number of sulfone groups is 1. The van der Waals surface area contributed by atoms with Crippen LogP contribution in [-0.2, 0) is 9.84 Å². The Morgan fingerprint density at radius 3 is 2.24 bits per heavy atom. The maximum atomic E-state index is 13.1. The number of aliphatic hydroxyl groups is 1. The van der Waals surface area contributed by atoms with Crippen molar-refractivity contribution in [1.82, 2.24) is 0 Å². The molecule has 0 saturated carbocycles. The van der Waals surface area contributed by atoms with Crippen LogP contribution < -0.4 is 19.5 Å². The average molecular weight is 482 g/mol. The van der Waals surface area contributed by atoms with E-state index in [4.69, 9.17) is 14.2 Å². The Labute approximate surface area is 197 Å². The van der Waals surface area contributed by atoms with Gasteiger partial charge in [-0.15, -0.1) is 0 Å². The molecule has 1 heterocycles. The summed E-state index contributed by atoms with van der Waals surface area (Å²) in [7, 11) is -0.996. The van der Waals surface area contributed by atoms with E-state index in [1.165, 1.54) is 50.6 Å². The molecule has 0 saturated heterocycles. The Morgan fingerprint density at radius 1 is 0.971 bits per heavy atom. The summed E-state index contributed by atoms with van der Waals surface area (Å²) in [5.41, 5.74) is 1.99. The predicted molar refractivity (Wildman–Crippen MR) is 127 cm³/mol. The van der Waals surface area contributed by atoms with Crippen molar-refractivity contribution < 1.29 is 32.5 Å². The Morgan fingerprint density at radius 2 is 1.62 bits per heavy atom. The topological polar surface area (TPSA) is 111 Å². The van der Waals surface area contributed by atoms with Crippen LogP contribution in [-0.4, -0.2) is 39.9 Å². The number of amides is 1. The Bertz CT molecular complexity index is 1360. The number of benzene rings is 3. The van der Waals surface area contributed by atoms with Crippen molar-refractivity contribution in [3.8, 4) is 17.2 Å². The number of carbonyl (C=O) groups excluding carboxylic acids is 1. The first-order valence-electron chi connectivity index (χ1n) is 10.3. The minimum Gasteiger partial charge on any atom is -0.497 e. The van der Waals surface area contributed by atoms with Crippen molar-refractivity contribution in [1.29, 1.82) is 0 Å². The lowest BCUT2D eigenvalue weighted by Crippen LogP contribution is -2.27. The van der Waals surface area contributed by atoms with Crippen LogP contribution in [0.5, 0.6) is 17.2 Å². The van der Waals surface area contributed by atoms with E-state index >= 15 is 0 Å². The summed E-state index contributed by atoms with van der Waals surface area (Å²) in [6.07, 6.45) is -0.341. The molecule has 0 aliphatic carbocycles. The molecule has 1 aliphatic heterocycles. The molecule has 3 aromatic carbocycles. The SMILES string of the molecule is COc1cc(NC(=O)c2ccc3c(c2)C=C(S(=O)(=O)c2ccc(C)cc2)C(O)O3)cc(OC)c1. The highest BCUT2D eigenvalue weighted by Crippen LogP contribution is 2.35. The van der Waals surface area contributed by atoms with Gasteiger partial charge in [-0.1, -0.05) is 17.7 Å². The fourth-order valence-electron chi connectivity index (χ4n) is 3.46. The molecule has 2 N–H and O–H groups in total. The zero-order chi connectivity index (χ0) is 24.5. The third-order valence-corrected chi connectivity index (χ3v) is 7.14. The molecule has 0 spiro atoms. The standard InChI is InChI=1S/C25H23NO7S/c1-15-4-7-21(8-5-15)34(29,30)23-11-17-10-16(6-9-22(17)33-25(23)28)24(27)26-18-12-19(31-2)14-20(13-18)32-3/h4-14,25,28H,1-3H3,(H,26,27). The highest BCUT2D eigenvalue weighted by molar-refractivity contribution is 7.95. The van der Waals surface area contributed by atoms with Gasteiger partial charge in [-0.25, -0.2) is 8.42 Å². The lowest BCUT2D eigenvalue weighted by atomic mass is 10.1. The first-order valence-corrected chi connectivity index (χ1v) is 11.8. The molecule has 1 aliphatic rings. The van der Waals surface area contributed by atoms with Crippen LogP contribution in [0.25, 0.3) is 6.08 Å². The normalized spacial score (nSPS) is 14.9. The molecule has 1 amide bonds. The van der Waals surface area contributed by atoms with E-state index in [1.54, 1.807) is 30.3 Å². The van der Waals surface area contributed by atoms with Crippen LogP contribution in [0, 0.1) is 6.92 Å². The third-order valence-electron chi connectivity index (χ3n) is 5.30. The second-order valence-corrected chi connectivity index (χ2v) is 9.59. The largest absolute Gasteiger partial charge is 0.497 e. The Balaban J connectivity index is 1.65. The fourth-order valence-corrected chi connectivity index (χ4v) is 4.82. The van der Waals surface area contributed by atoms with Crippen LogP contribution in [0.2, 0.25) is 0 Å². The molecule has 9 heteroatoms. The monoisotopic (exact) mass is 481 g/mol. The molecule has 0 bridgehead atoms. The number of rotatable bonds is 6. The first kappa shape index (κ1) is 23.3. The number of ether oxygens (including phenoxy) is 3. The molecule has 0 fully saturated rings. The highest BCUT2D eigenvalue weighted by Gasteiger charge is 2.32. The average Bonchev–Trinajstić information content (AvgIpc) is 2.83. The molecule has 1 unspecified atom stereocenters. The van der Waals surface area contributed by atoms with Gasteiger partial charge in [-0.2, -0.15) is 0 Å². The number of anilines is 1.